The van der Waals surface area contributed by atoms with Crippen LogP contribution in [-0.4, -0.2) is 34.6 Å². The summed E-state index contributed by atoms with van der Waals surface area (Å²) < 4.78 is 33.9. The third-order valence-electron chi connectivity index (χ3n) is 2.90. The molecule has 1 aromatic heterocycles. The summed E-state index contributed by atoms with van der Waals surface area (Å²) in [6.07, 6.45) is 0.410. The van der Waals surface area contributed by atoms with Gasteiger partial charge in [-0.1, -0.05) is 0 Å². The number of aromatic nitrogens is 2. The Morgan fingerprint density at radius 1 is 1.43 bits per heavy atom. The molecule has 1 aromatic carbocycles. The number of nitrogens with zero attached hydrogens (tertiary/aromatic N) is 2. The molecule has 2 rings (SSSR count). The van der Waals surface area contributed by atoms with Crippen LogP contribution in [0.3, 0.4) is 0 Å². The van der Waals surface area contributed by atoms with Gasteiger partial charge < -0.3 is 15.0 Å². The molecule has 2 aromatic rings. The van der Waals surface area contributed by atoms with Crippen molar-refractivity contribution < 1.29 is 18.3 Å². The molecule has 2 N–H and O–H groups in total. The number of benzene rings is 1. The van der Waals surface area contributed by atoms with E-state index < -0.39 is 17.5 Å². The Bertz CT molecular complexity index is 660. The first-order chi connectivity index (χ1) is 10.0. The maximum atomic E-state index is 14.0. The lowest BCUT2D eigenvalue weighted by molar-refractivity contribution is -0.122. The van der Waals surface area contributed by atoms with Crippen molar-refractivity contribution in [2.45, 2.75) is 13.0 Å². The van der Waals surface area contributed by atoms with Crippen LogP contribution in [0, 0.1) is 11.6 Å². The summed E-state index contributed by atoms with van der Waals surface area (Å²) >= 11 is 5.70. The standard InChI is InChI=1S/C13H14ClF2N3O2/c14-4-3-11-18-9-2-1-8(15)12(16)13(9)19(11)5-6-21-7-10(17)20/h1-2H,3-7H2,(H2,17,20). The molecule has 8 heteroatoms. The number of primary amides is 1. The van der Waals surface area contributed by atoms with Crippen LogP contribution < -0.4 is 5.73 Å². The number of carbonyl (C=O) groups is 1. The summed E-state index contributed by atoms with van der Waals surface area (Å²) in [5.41, 5.74) is 5.37. The maximum Gasteiger partial charge on any atom is 0.243 e. The number of hydrogen-bond acceptors (Lipinski definition) is 3. The molecule has 5 nitrogen and oxygen atoms in total. The van der Waals surface area contributed by atoms with Gasteiger partial charge in [0.1, 0.15) is 17.9 Å². The molecule has 1 heterocycles. The number of alkyl halides is 1. The summed E-state index contributed by atoms with van der Waals surface area (Å²) in [7, 11) is 0. The molecule has 0 saturated heterocycles. The van der Waals surface area contributed by atoms with Gasteiger partial charge in [0, 0.05) is 18.8 Å². The van der Waals surface area contributed by atoms with E-state index in [-0.39, 0.29) is 25.3 Å². The highest BCUT2D eigenvalue weighted by atomic mass is 35.5. The molecule has 0 aliphatic heterocycles. The normalized spacial score (nSPS) is 11.2. The number of carbonyl (C=O) groups excluding carboxylic acids is 1. The average Bonchev–Trinajstić information content (AvgIpc) is 2.78. The van der Waals surface area contributed by atoms with Crippen molar-refractivity contribution in [3.8, 4) is 0 Å². The summed E-state index contributed by atoms with van der Waals surface area (Å²) in [6.45, 7) is 0.115. The van der Waals surface area contributed by atoms with Crippen molar-refractivity contribution in [2.24, 2.45) is 5.73 Å². The third-order valence-corrected chi connectivity index (χ3v) is 3.09. The zero-order valence-corrected chi connectivity index (χ0v) is 11.9. The first kappa shape index (κ1) is 15.7. The van der Waals surface area contributed by atoms with E-state index in [1.54, 1.807) is 0 Å². The van der Waals surface area contributed by atoms with E-state index in [0.29, 0.717) is 23.6 Å². The molecular formula is C13H14ClF2N3O2. The van der Waals surface area contributed by atoms with Crippen LogP contribution in [0.5, 0.6) is 0 Å². The predicted octanol–water partition coefficient (Wildman–Crippen LogP) is 1.60. The van der Waals surface area contributed by atoms with Gasteiger partial charge in [-0.15, -0.1) is 11.6 Å². The molecule has 0 bridgehead atoms. The molecule has 114 valence electrons. The molecule has 0 fully saturated rings. The van der Waals surface area contributed by atoms with Crippen LogP contribution in [0.15, 0.2) is 12.1 Å². The van der Waals surface area contributed by atoms with Gasteiger partial charge in [0.05, 0.1) is 12.1 Å². The van der Waals surface area contributed by atoms with Crippen LogP contribution in [0.2, 0.25) is 0 Å². The Hall–Kier alpha value is -1.73. The number of imidazole rings is 1. The van der Waals surface area contributed by atoms with E-state index in [9.17, 15) is 13.6 Å². The highest BCUT2D eigenvalue weighted by Gasteiger charge is 2.17. The lowest BCUT2D eigenvalue weighted by atomic mass is 10.3. The number of halogens is 3. The molecule has 0 aliphatic rings. The van der Waals surface area contributed by atoms with Gasteiger partial charge >= 0.3 is 0 Å². The van der Waals surface area contributed by atoms with Gasteiger partial charge in [-0.25, -0.2) is 13.8 Å². The summed E-state index contributed by atoms with van der Waals surface area (Å²) in [6, 6.07) is 2.44. The minimum Gasteiger partial charge on any atom is -0.370 e. The van der Waals surface area contributed by atoms with Crippen molar-refractivity contribution in [1.29, 1.82) is 0 Å². The van der Waals surface area contributed by atoms with Gasteiger partial charge in [0.2, 0.25) is 5.91 Å². The number of aryl methyl sites for hydroxylation is 1. The van der Waals surface area contributed by atoms with Crippen LogP contribution >= 0.6 is 11.6 Å². The number of ether oxygens (including phenoxy) is 1. The van der Waals surface area contributed by atoms with Crippen molar-refractivity contribution in [3.05, 3.63) is 29.6 Å². The van der Waals surface area contributed by atoms with Gasteiger partial charge in [0.25, 0.3) is 0 Å². The van der Waals surface area contributed by atoms with Gasteiger partial charge in [-0.05, 0) is 12.1 Å². The molecular weight excluding hydrogens is 304 g/mol. The summed E-state index contributed by atoms with van der Waals surface area (Å²) in [5, 5.41) is 0. The van der Waals surface area contributed by atoms with E-state index in [4.69, 9.17) is 22.1 Å². The number of rotatable bonds is 7. The lowest BCUT2D eigenvalue weighted by Gasteiger charge is -2.09. The van der Waals surface area contributed by atoms with Gasteiger partial charge in [-0.2, -0.15) is 0 Å². The zero-order chi connectivity index (χ0) is 15.4. The molecule has 0 saturated carbocycles. The van der Waals surface area contributed by atoms with Crippen molar-refractivity contribution in [2.75, 3.05) is 19.1 Å². The van der Waals surface area contributed by atoms with Gasteiger partial charge in [0.15, 0.2) is 11.6 Å². The molecule has 1 amide bonds. The van der Waals surface area contributed by atoms with Crippen LogP contribution in [0.25, 0.3) is 11.0 Å². The highest BCUT2D eigenvalue weighted by molar-refractivity contribution is 6.17. The van der Waals surface area contributed by atoms with Crippen LogP contribution in [0.1, 0.15) is 5.82 Å². The van der Waals surface area contributed by atoms with Gasteiger partial charge in [-0.3, -0.25) is 4.79 Å². The number of fused-ring (bicyclic) bond motifs is 1. The Kier molecular flexibility index (Phi) is 5.08. The maximum absolute atomic E-state index is 14.0. The second-order valence-electron chi connectivity index (χ2n) is 4.37. The monoisotopic (exact) mass is 317 g/mol. The van der Waals surface area contributed by atoms with E-state index in [1.807, 2.05) is 0 Å². The fourth-order valence-corrected chi connectivity index (χ4v) is 2.22. The van der Waals surface area contributed by atoms with Crippen molar-refractivity contribution in [1.82, 2.24) is 9.55 Å². The summed E-state index contributed by atoms with van der Waals surface area (Å²) in [4.78, 5) is 14.8. The molecule has 0 aliphatic carbocycles. The Labute approximate surface area is 124 Å². The van der Waals surface area contributed by atoms with Crippen molar-refractivity contribution in [3.63, 3.8) is 0 Å². The largest absolute Gasteiger partial charge is 0.370 e. The van der Waals surface area contributed by atoms with E-state index in [1.165, 1.54) is 10.6 Å². The Morgan fingerprint density at radius 3 is 2.86 bits per heavy atom. The fourth-order valence-electron chi connectivity index (χ4n) is 2.05. The highest BCUT2D eigenvalue weighted by Crippen LogP contribution is 2.22. The first-order valence-electron chi connectivity index (χ1n) is 6.29. The Morgan fingerprint density at radius 2 is 2.19 bits per heavy atom. The number of nitrogens with two attached hydrogens (primary N) is 1. The topological polar surface area (TPSA) is 70.1 Å². The fraction of sp³-hybridized carbons (Fsp3) is 0.385. The molecule has 0 radical (unpaired) electrons. The molecule has 0 atom stereocenters. The van der Waals surface area contributed by atoms with Crippen LogP contribution in [0.4, 0.5) is 8.78 Å². The SMILES string of the molecule is NC(=O)COCCn1c(CCCl)nc2ccc(F)c(F)c21. The minimum atomic E-state index is -0.962. The molecule has 21 heavy (non-hydrogen) atoms. The second kappa shape index (κ2) is 6.82. The third kappa shape index (κ3) is 3.48. The summed E-state index contributed by atoms with van der Waals surface area (Å²) in [5.74, 6) is -1.67. The molecule has 0 unspecified atom stereocenters. The minimum absolute atomic E-state index is 0.0674. The Balaban J connectivity index is 2.31. The average molecular weight is 318 g/mol. The number of amides is 1. The smallest absolute Gasteiger partial charge is 0.243 e. The first-order valence-corrected chi connectivity index (χ1v) is 6.83. The number of hydrogen-bond donors (Lipinski definition) is 1. The second-order valence-corrected chi connectivity index (χ2v) is 4.74. The quantitative estimate of drug-likeness (QED) is 0.623. The lowest BCUT2D eigenvalue weighted by Crippen LogP contribution is -2.20. The van der Waals surface area contributed by atoms with Crippen molar-refractivity contribution >= 4 is 28.5 Å². The molecule has 0 spiro atoms. The van der Waals surface area contributed by atoms with E-state index in [0.717, 1.165) is 6.07 Å². The predicted molar refractivity (Wildman–Crippen MR) is 74.1 cm³/mol. The zero-order valence-electron chi connectivity index (χ0n) is 11.1. The van der Waals surface area contributed by atoms with E-state index >= 15 is 0 Å². The van der Waals surface area contributed by atoms with Crippen LogP contribution in [-0.2, 0) is 22.5 Å². The van der Waals surface area contributed by atoms with E-state index in [2.05, 4.69) is 4.98 Å².